The van der Waals surface area contributed by atoms with Crippen molar-refractivity contribution in [3.05, 3.63) is 60.2 Å². The molecule has 1 aromatic carbocycles. The second-order valence-electron chi connectivity index (χ2n) is 7.09. The van der Waals surface area contributed by atoms with E-state index in [1.165, 1.54) is 0 Å². The first-order chi connectivity index (χ1) is 13.1. The quantitative estimate of drug-likeness (QED) is 0.720. The Morgan fingerprint density at radius 3 is 2.93 bits per heavy atom. The summed E-state index contributed by atoms with van der Waals surface area (Å²) in [6, 6.07) is 11.9. The van der Waals surface area contributed by atoms with Gasteiger partial charge < -0.3 is 9.47 Å². The normalized spacial score (nSPS) is 19.5. The lowest BCUT2D eigenvalue weighted by atomic mass is 10.1. The van der Waals surface area contributed by atoms with Gasteiger partial charge in [0.05, 0.1) is 11.0 Å². The summed E-state index contributed by atoms with van der Waals surface area (Å²) in [6.07, 6.45) is 4.27. The summed E-state index contributed by atoms with van der Waals surface area (Å²) in [6.45, 7) is 3.35. The van der Waals surface area contributed by atoms with Crippen LogP contribution in [0.4, 0.5) is 0 Å². The van der Waals surface area contributed by atoms with Gasteiger partial charge in [0.25, 0.3) is 0 Å². The van der Waals surface area contributed by atoms with E-state index in [-0.39, 0.29) is 18.0 Å². The van der Waals surface area contributed by atoms with Crippen molar-refractivity contribution in [1.29, 1.82) is 0 Å². The fourth-order valence-corrected chi connectivity index (χ4v) is 3.66. The van der Waals surface area contributed by atoms with Gasteiger partial charge >= 0.3 is 0 Å². The third-order valence-electron chi connectivity index (χ3n) is 5.05. The maximum Gasteiger partial charge on any atom is 0.241 e. The van der Waals surface area contributed by atoms with Gasteiger partial charge in [-0.05, 0) is 37.1 Å². The molecule has 1 aliphatic heterocycles. The summed E-state index contributed by atoms with van der Waals surface area (Å²) in [5, 5.41) is 0. The largest absolute Gasteiger partial charge is 0.340 e. The number of carbonyl (C=O) groups excluding carboxylic acids is 1. The van der Waals surface area contributed by atoms with Crippen LogP contribution in [0, 0.1) is 6.92 Å². The number of hydrazine groups is 1. The molecule has 7 heteroatoms. The topological polar surface area (TPSA) is 75.1 Å². The maximum absolute atomic E-state index is 12.8. The number of hydrogen-bond acceptors (Lipinski definition) is 5. The molecule has 0 radical (unpaired) electrons. The lowest BCUT2D eigenvalue weighted by Crippen LogP contribution is -2.44. The molecule has 140 valence electrons. The number of hydrogen-bond donors (Lipinski definition) is 2. The number of aryl methyl sites for hydroxylation is 1. The highest BCUT2D eigenvalue weighted by atomic mass is 16.2. The van der Waals surface area contributed by atoms with Crippen molar-refractivity contribution >= 4 is 16.9 Å². The van der Waals surface area contributed by atoms with Gasteiger partial charge in [0.1, 0.15) is 11.9 Å². The fraction of sp³-hybridized carbons (Fsp3) is 0.350. The Bertz CT molecular complexity index is 938. The van der Waals surface area contributed by atoms with Crippen LogP contribution in [0.3, 0.4) is 0 Å². The van der Waals surface area contributed by atoms with Crippen LogP contribution >= 0.6 is 0 Å². The standard InChI is InChI=1S/C20H24N6O/c1-14-22-17-7-3-4-8-19(17)26(14)13-16-10-18(24-23-16)20(27)25(2)12-15-6-5-9-21-11-15/h3-9,11,16,18,23-24H,10,12-13H2,1-2H3. The molecule has 0 spiro atoms. The molecular weight excluding hydrogens is 340 g/mol. The van der Waals surface area contributed by atoms with E-state index in [0.29, 0.717) is 6.54 Å². The van der Waals surface area contributed by atoms with Crippen molar-refractivity contribution < 1.29 is 4.79 Å². The average molecular weight is 364 g/mol. The smallest absolute Gasteiger partial charge is 0.241 e. The van der Waals surface area contributed by atoms with E-state index in [9.17, 15) is 4.79 Å². The van der Waals surface area contributed by atoms with Crippen molar-refractivity contribution in [2.24, 2.45) is 0 Å². The molecule has 0 bridgehead atoms. The Labute approximate surface area is 158 Å². The molecule has 1 amide bonds. The average Bonchev–Trinajstić information content (AvgIpc) is 3.27. The summed E-state index contributed by atoms with van der Waals surface area (Å²) in [4.78, 5) is 23.2. The molecule has 27 heavy (non-hydrogen) atoms. The first-order valence-corrected chi connectivity index (χ1v) is 9.18. The molecule has 7 nitrogen and oxygen atoms in total. The molecule has 1 fully saturated rings. The van der Waals surface area contributed by atoms with E-state index in [0.717, 1.165) is 35.4 Å². The predicted octanol–water partition coefficient (Wildman–Crippen LogP) is 1.63. The minimum absolute atomic E-state index is 0.0843. The zero-order chi connectivity index (χ0) is 18.8. The number of carbonyl (C=O) groups is 1. The Balaban J connectivity index is 1.39. The van der Waals surface area contributed by atoms with E-state index in [4.69, 9.17) is 0 Å². The SMILES string of the molecule is Cc1nc2ccccc2n1CC1CC(C(=O)N(C)Cc2cccnc2)NN1. The molecule has 1 saturated heterocycles. The molecule has 2 N–H and O–H groups in total. The van der Waals surface area contributed by atoms with Crippen LogP contribution in [-0.2, 0) is 17.9 Å². The summed E-state index contributed by atoms with van der Waals surface area (Å²) in [7, 11) is 1.83. The zero-order valence-electron chi connectivity index (χ0n) is 15.6. The molecule has 3 heterocycles. The molecule has 4 rings (SSSR count). The first kappa shape index (κ1) is 17.6. The molecule has 2 unspecified atom stereocenters. The van der Waals surface area contributed by atoms with Gasteiger partial charge in [0, 0.05) is 38.6 Å². The Morgan fingerprint density at radius 2 is 2.11 bits per heavy atom. The Kier molecular flexibility index (Phi) is 4.87. The number of rotatable bonds is 5. The van der Waals surface area contributed by atoms with Gasteiger partial charge in [-0.1, -0.05) is 18.2 Å². The molecule has 3 aromatic rings. The fourth-order valence-electron chi connectivity index (χ4n) is 3.66. The van der Waals surface area contributed by atoms with Crippen molar-refractivity contribution in [3.8, 4) is 0 Å². The number of nitrogens with one attached hydrogen (secondary N) is 2. The number of para-hydroxylation sites is 2. The highest BCUT2D eigenvalue weighted by Gasteiger charge is 2.31. The minimum atomic E-state index is -0.230. The number of imidazole rings is 1. The highest BCUT2D eigenvalue weighted by molar-refractivity contribution is 5.82. The molecule has 0 saturated carbocycles. The molecule has 0 aliphatic carbocycles. The maximum atomic E-state index is 12.8. The summed E-state index contributed by atoms with van der Waals surface area (Å²) >= 11 is 0. The number of likely N-dealkylation sites (N-methyl/N-ethyl adjacent to an activating group) is 1. The third kappa shape index (κ3) is 3.70. The van der Waals surface area contributed by atoms with Crippen LogP contribution in [0.2, 0.25) is 0 Å². The molecule has 2 aromatic heterocycles. The monoisotopic (exact) mass is 364 g/mol. The minimum Gasteiger partial charge on any atom is -0.340 e. The second-order valence-corrected chi connectivity index (χ2v) is 7.09. The van der Waals surface area contributed by atoms with Crippen LogP contribution in [-0.4, -0.2) is 44.5 Å². The number of aromatic nitrogens is 3. The predicted molar refractivity (Wildman–Crippen MR) is 104 cm³/mol. The number of pyridine rings is 1. The summed E-state index contributed by atoms with van der Waals surface area (Å²) < 4.78 is 2.21. The van der Waals surface area contributed by atoms with Gasteiger partial charge in [-0.3, -0.25) is 15.2 Å². The lowest BCUT2D eigenvalue weighted by Gasteiger charge is -2.20. The molecule has 1 aliphatic rings. The van der Waals surface area contributed by atoms with Gasteiger partial charge in [-0.25, -0.2) is 10.4 Å². The van der Waals surface area contributed by atoms with Crippen LogP contribution < -0.4 is 10.9 Å². The Morgan fingerprint density at radius 1 is 1.26 bits per heavy atom. The van der Waals surface area contributed by atoms with Gasteiger partial charge in [0.2, 0.25) is 5.91 Å². The number of benzene rings is 1. The van der Waals surface area contributed by atoms with Gasteiger partial charge in [-0.15, -0.1) is 0 Å². The number of fused-ring (bicyclic) bond motifs is 1. The van der Waals surface area contributed by atoms with E-state index < -0.39 is 0 Å². The summed E-state index contributed by atoms with van der Waals surface area (Å²) in [5.74, 6) is 1.07. The van der Waals surface area contributed by atoms with Crippen LogP contribution in [0.25, 0.3) is 11.0 Å². The van der Waals surface area contributed by atoms with Crippen LogP contribution in [0.15, 0.2) is 48.8 Å². The van der Waals surface area contributed by atoms with Crippen molar-refractivity contribution in [2.45, 2.75) is 38.5 Å². The van der Waals surface area contributed by atoms with E-state index in [1.807, 2.05) is 44.3 Å². The van der Waals surface area contributed by atoms with Gasteiger partial charge in [-0.2, -0.15) is 0 Å². The van der Waals surface area contributed by atoms with Crippen molar-refractivity contribution in [3.63, 3.8) is 0 Å². The summed E-state index contributed by atoms with van der Waals surface area (Å²) in [5.41, 5.74) is 9.59. The zero-order valence-corrected chi connectivity index (χ0v) is 15.6. The molecular formula is C20H24N6O. The van der Waals surface area contributed by atoms with E-state index in [1.54, 1.807) is 17.3 Å². The van der Waals surface area contributed by atoms with Gasteiger partial charge in [0.15, 0.2) is 0 Å². The number of nitrogens with zero attached hydrogens (tertiary/aromatic N) is 4. The van der Waals surface area contributed by atoms with Crippen molar-refractivity contribution in [1.82, 2.24) is 30.3 Å². The van der Waals surface area contributed by atoms with Crippen LogP contribution in [0.5, 0.6) is 0 Å². The van der Waals surface area contributed by atoms with Crippen molar-refractivity contribution in [2.75, 3.05) is 7.05 Å². The molecule has 2 atom stereocenters. The third-order valence-corrected chi connectivity index (χ3v) is 5.05. The highest BCUT2D eigenvalue weighted by Crippen LogP contribution is 2.18. The van der Waals surface area contributed by atoms with Crippen LogP contribution in [0.1, 0.15) is 17.8 Å². The van der Waals surface area contributed by atoms with E-state index >= 15 is 0 Å². The second kappa shape index (κ2) is 7.46. The first-order valence-electron chi connectivity index (χ1n) is 9.18. The Hall–Kier alpha value is -2.77. The number of amides is 1. The van der Waals surface area contributed by atoms with E-state index in [2.05, 4.69) is 31.5 Å². The lowest BCUT2D eigenvalue weighted by molar-refractivity contribution is -0.132.